The van der Waals surface area contributed by atoms with E-state index in [9.17, 15) is 9.59 Å². The summed E-state index contributed by atoms with van der Waals surface area (Å²) in [6, 6.07) is 2.76. The molecule has 0 bridgehead atoms. The molecule has 0 spiro atoms. The van der Waals surface area contributed by atoms with Crippen LogP contribution in [0.15, 0.2) is 28.5 Å². The van der Waals surface area contributed by atoms with E-state index in [1.807, 2.05) is 12.3 Å². The molecule has 2 aromatic heterocycles. The van der Waals surface area contributed by atoms with E-state index in [2.05, 4.69) is 10.3 Å². The van der Waals surface area contributed by atoms with Gasteiger partial charge >= 0.3 is 6.03 Å². The fourth-order valence-electron chi connectivity index (χ4n) is 1.68. The summed E-state index contributed by atoms with van der Waals surface area (Å²) in [5.74, 6) is 0. The van der Waals surface area contributed by atoms with Gasteiger partial charge in [0.05, 0.1) is 22.9 Å². The highest BCUT2D eigenvalue weighted by molar-refractivity contribution is 7.09. The van der Waals surface area contributed by atoms with Gasteiger partial charge in [-0.3, -0.25) is 4.79 Å². The molecule has 0 aliphatic carbocycles. The first-order valence-electron chi connectivity index (χ1n) is 6.05. The van der Waals surface area contributed by atoms with E-state index in [-0.39, 0.29) is 11.6 Å². The van der Waals surface area contributed by atoms with Crippen LogP contribution in [0.3, 0.4) is 0 Å². The van der Waals surface area contributed by atoms with Gasteiger partial charge in [-0.25, -0.2) is 9.78 Å². The van der Waals surface area contributed by atoms with E-state index in [4.69, 9.17) is 0 Å². The molecule has 2 amide bonds. The predicted octanol–water partition coefficient (Wildman–Crippen LogP) is 1.81. The number of nitrogens with one attached hydrogen (secondary N) is 1. The third-order valence-electron chi connectivity index (χ3n) is 2.75. The molecule has 0 fully saturated rings. The lowest BCUT2D eigenvalue weighted by Gasteiger charge is -2.17. The Balaban J connectivity index is 2.00. The van der Waals surface area contributed by atoms with Crippen molar-refractivity contribution in [2.45, 2.75) is 13.5 Å². The summed E-state index contributed by atoms with van der Waals surface area (Å²) in [6.45, 7) is 2.38. The Morgan fingerprint density at radius 1 is 1.50 bits per heavy atom. The quantitative estimate of drug-likeness (QED) is 0.938. The Hall–Kier alpha value is -2.15. The van der Waals surface area contributed by atoms with Gasteiger partial charge in [-0.2, -0.15) is 0 Å². The molecule has 2 heterocycles. The van der Waals surface area contributed by atoms with E-state index in [1.165, 1.54) is 10.6 Å². The molecule has 0 saturated heterocycles. The van der Waals surface area contributed by atoms with E-state index in [0.29, 0.717) is 12.2 Å². The number of aromatic nitrogens is 2. The largest absolute Gasteiger partial charge is 0.322 e. The Labute approximate surface area is 120 Å². The Kier molecular flexibility index (Phi) is 4.19. The monoisotopic (exact) mass is 292 g/mol. The fourth-order valence-corrected chi connectivity index (χ4v) is 2.29. The van der Waals surface area contributed by atoms with Crippen molar-refractivity contribution in [2.75, 3.05) is 12.4 Å². The lowest BCUT2D eigenvalue weighted by molar-refractivity contribution is 0.220. The van der Waals surface area contributed by atoms with Crippen molar-refractivity contribution in [3.8, 4) is 0 Å². The molecule has 0 radical (unpaired) electrons. The third kappa shape index (κ3) is 3.45. The maximum atomic E-state index is 12.0. The zero-order valence-electron chi connectivity index (χ0n) is 11.6. The highest BCUT2D eigenvalue weighted by atomic mass is 32.1. The van der Waals surface area contributed by atoms with Crippen LogP contribution in [0, 0.1) is 6.92 Å². The highest BCUT2D eigenvalue weighted by Gasteiger charge is 2.11. The van der Waals surface area contributed by atoms with Crippen molar-refractivity contribution in [3.63, 3.8) is 0 Å². The predicted molar refractivity (Wildman–Crippen MR) is 79.0 cm³/mol. The summed E-state index contributed by atoms with van der Waals surface area (Å²) in [5, 5.41) is 5.65. The average molecular weight is 292 g/mol. The summed E-state index contributed by atoms with van der Waals surface area (Å²) in [6.07, 6.45) is 1.58. The first-order chi connectivity index (χ1) is 9.45. The summed E-state index contributed by atoms with van der Waals surface area (Å²) in [4.78, 5) is 29.1. The number of carbonyl (C=O) groups excluding carboxylic acids is 1. The van der Waals surface area contributed by atoms with Crippen LogP contribution in [0.4, 0.5) is 10.5 Å². The van der Waals surface area contributed by atoms with Crippen LogP contribution >= 0.6 is 11.3 Å². The Bertz CT molecular complexity index is 677. The van der Waals surface area contributed by atoms with Gasteiger partial charge in [0.15, 0.2) is 0 Å². The summed E-state index contributed by atoms with van der Waals surface area (Å²) in [7, 11) is 3.34. The molecular weight excluding hydrogens is 276 g/mol. The SMILES string of the molecule is Cc1nc(CN(C)C(=O)Nc2ccc(=O)n(C)c2)cs1. The van der Waals surface area contributed by atoms with Gasteiger partial charge in [0.1, 0.15) is 0 Å². The molecule has 0 saturated carbocycles. The van der Waals surface area contributed by atoms with Gasteiger partial charge < -0.3 is 14.8 Å². The summed E-state index contributed by atoms with van der Waals surface area (Å²) >= 11 is 1.56. The number of hydrogen-bond acceptors (Lipinski definition) is 4. The molecule has 0 aromatic carbocycles. The van der Waals surface area contributed by atoms with Gasteiger partial charge in [0.25, 0.3) is 0 Å². The minimum atomic E-state index is -0.241. The molecule has 1 N–H and O–H groups in total. The van der Waals surface area contributed by atoms with Crippen LogP contribution in [0.2, 0.25) is 0 Å². The number of urea groups is 1. The van der Waals surface area contributed by atoms with Crippen molar-refractivity contribution in [3.05, 3.63) is 44.8 Å². The molecule has 0 unspecified atom stereocenters. The standard InChI is InChI=1S/C13H16N4O2S/c1-9-14-11(8-20-9)7-17(3)13(19)15-10-4-5-12(18)16(2)6-10/h4-6,8H,7H2,1-3H3,(H,15,19). The van der Waals surface area contributed by atoms with Crippen LogP contribution < -0.4 is 10.9 Å². The van der Waals surface area contributed by atoms with E-state index in [1.54, 1.807) is 42.6 Å². The zero-order chi connectivity index (χ0) is 14.7. The molecular formula is C13H16N4O2S. The molecule has 106 valence electrons. The van der Waals surface area contributed by atoms with Gasteiger partial charge in [-0.05, 0) is 13.0 Å². The maximum absolute atomic E-state index is 12.0. The topological polar surface area (TPSA) is 67.2 Å². The summed E-state index contributed by atoms with van der Waals surface area (Å²) < 4.78 is 1.42. The molecule has 0 aliphatic rings. The minimum absolute atomic E-state index is 0.116. The molecule has 0 atom stereocenters. The minimum Gasteiger partial charge on any atom is -0.322 e. The van der Waals surface area contributed by atoms with Gasteiger partial charge in [-0.15, -0.1) is 11.3 Å². The second kappa shape index (κ2) is 5.87. The smallest absolute Gasteiger partial charge is 0.321 e. The van der Waals surface area contributed by atoms with Crippen molar-refractivity contribution >= 4 is 23.1 Å². The van der Waals surface area contributed by atoms with Gasteiger partial charge in [0, 0.05) is 31.7 Å². The van der Waals surface area contributed by atoms with E-state index >= 15 is 0 Å². The average Bonchev–Trinajstić information content (AvgIpc) is 2.79. The number of amides is 2. The Morgan fingerprint density at radius 2 is 2.25 bits per heavy atom. The number of nitrogens with zero attached hydrogens (tertiary/aromatic N) is 3. The van der Waals surface area contributed by atoms with E-state index < -0.39 is 0 Å². The fraction of sp³-hybridized carbons (Fsp3) is 0.308. The number of anilines is 1. The van der Waals surface area contributed by atoms with Crippen LogP contribution in [-0.2, 0) is 13.6 Å². The number of hydrogen-bond donors (Lipinski definition) is 1. The lowest BCUT2D eigenvalue weighted by Crippen LogP contribution is -2.31. The van der Waals surface area contributed by atoms with Gasteiger partial charge in [-0.1, -0.05) is 0 Å². The van der Waals surface area contributed by atoms with Crippen molar-refractivity contribution in [2.24, 2.45) is 7.05 Å². The van der Waals surface area contributed by atoms with Crippen molar-refractivity contribution < 1.29 is 4.79 Å². The zero-order valence-corrected chi connectivity index (χ0v) is 12.4. The maximum Gasteiger partial charge on any atom is 0.321 e. The highest BCUT2D eigenvalue weighted by Crippen LogP contribution is 2.11. The third-order valence-corrected chi connectivity index (χ3v) is 3.57. The number of rotatable bonds is 3. The second-order valence-corrected chi connectivity index (χ2v) is 5.57. The molecule has 6 nitrogen and oxygen atoms in total. The molecule has 7 heteroatoms. The number of carbonyl (C=O) groups is 1. The first-order valence-corrected chi connectivity index (χ1v) is 6.93. The molecule has 20 heavy (non-hydrogen) atoms. The van der Waals surface area contributed by atoms with Crippen LogP contribution in [0.1, 0.15) is 10.7 Å². The summed E-state index contributed by atoms with van der Waals surface area (Å²) in [5.41, 5.74) is 1.33. The molecule has 2 aromatic rings. The number of pyridine rings is 1. The van der Waals surface area contributed by atoms with Crippen LogP contribution in [0.5, 0.6) is 0 Å². The second-order valence-electron chi connectivity index (χ2n) is 4.51. The van der Waals surface area contributed by atoms with E-state index in [0.717, 1.165) is 10.7 Å². The van der Waals surface area contributed by atoms with Crippen LogP contribution in [0.25, 0.3) is 0 Å². The molecule has 2 rings (SSSR count). The Morgan fingerprint density at radius 3 is 2.85 bits per heavy atom. The number of thiazole rings is 1. The molecule has 0 aliphatic heterocycles. The van der Waals surface area contributed by atoms with Gasteiger partial charge in [0.2, 0.25) is 5.56 Å². The first kappa shape index (κ1) is 14.3. The lowest BCUT2D eigenvalue weighted by atomic mass is 10.4. The number of aryl methyl sites for hydroxylation is 2. The van der Waals surface area contributed by atoms with Crippen LogP contribution in [-0.4, -0.2) is 27.5 Å². The van der Waals surface area contributed by atoms with Crippen molar-refractivity contribution in [1.82, 2.24) is 14.5 Å². The normalized spacial score (nSPS) is 10.3. The van der Waals surface area contributed by atoms with Crippen molar-refractivity contribution in [1.29, 1.82) is 0 Å².